The molecule has 1 aromatic heterocycles. The zero-order chi connectivity index (χ0) is 13.7. The molecule has 0 fully saturated rings. The van der Waals surface area contributed by atoms with Crippen LogP contribution >= 0.6 is 22.9 Å². The van der Waals surface area contributed by atoms with Crippen LogP contribution in [-0.2, 0) is 6.42 Å². The number of thiophene rings is 1. The van der Waals surface area contributed by atoms with Gasteiger partial charge in [-0.05, 0) is 59.5 Å². The molecule has 1 atom stereocenters. The van der Waals surface area contributed by atoms with Crippen molar-refractivity contribution in [2.75, 3.05) is 6.54 Å². The summed E-state index contributed by atoms with van der Waals surface area (Å²) in [6, 6.07) is 6.93. The molecule has 2 aromatic rings. The quantitative estimate of drug-likeness (QED) is 0.806. The Hall–Kier alpha value is -0.900. The highest BCUT2D eigenvalue weighted by atomic mass is 35.5. The third-order valence-electron chi connectivity index (χ3n) is 3.09. The van der Waals surface area contributed by atoms with Crippen LogP contribution in [0.25, 0.3) is 0 Å². The van der Waals surface area contributed by atoms with Gasteiger partial charge in [0.15, 0.2) is 0 Å². The number of hydrogen-bond donors (Lipinski definition) is 1. The topological polar surface area (TPSA) is 12.0 Å². The van der Waals surface area contributed by atoms with Crippen molar-refractivity contribution in [3.05, 3.63) is 57.0 Å². The average molecular weight is 298 g/mol. The average Bonchev–Trinajstić information content (AvgIpc) is 2.88. The van der Waals surface area contributed by atoms with E-state index in [2.05, 4.69) is 29.1 Å². The summed E-state index contributed by atoms with van der Waals surface area (Å²) in [5, 5.41) is 8.16. The van der Waals surface area contributed by atoms with Crippen molar-refractivity contribution in [3.8, 4) is 0 Å². The molecule has 0 aliphatic rings. The Morgan fingerprint density at radius 3 is 2.84 bits per heavy atom. The van der Waals surface area contributed by atoms with E-state index < -0.39 is 0 Å². The SMILES string of the molecule is CCNC(CCc1ccsc1)c1ccc(F)cc1Cl. The number of hydrogen-bond acceptors (Lipinski definition) is 2. The molecule has 1 unspecified atom stereocenters. The molecule has 0 aliphatic heterocycles. The van der Waals surface area contributed by atoms with Crippen LogP contribution in [0.1, 0.15) is 30.5 Å². The molecule has 0 saturated heterocycles. The largest absolute Gasteiger partial charge is 0.310 e. The van der Waals surface area contributed by atoms with Gasteiger partial charge in [0, 0.05) is 11.1 Å². The lowest BCUT2D eigenvalue weighted by molar-refractivity contribution is 0.514. The monoisotopic (exact) mass is 297 g/mol. The maximum absolute atomic E-state index is 13.1. The van der Waals surface area contributed by atoms with E-state index in [1.54, 1.807) is 17.4 Å². The Balaban J connectivity index is 2.10. The first kappa shape index (κ1) is 14.5. The van der Waals surface area contributed by atoms with Gasteiger partial charge in [-0.2, -0.15) is 11.3 Å². The lowest BCUT2D eigenvalue weighted by Crippen LogP contribution is -2.21. The van der Waals surface area contributed by atoms with Crippen LogP contribution in [0.5, 0.6) is 0 Å². The number of aryl methyl sites for hydroxylation is 1. The highest BCUT2D eigenvalue weighted by Gasteiger charge is 2.14. The molecule has 0 spiro atoms. The smallest absolute Gasteiger partial charge is 0.124 e. The Kier molecular flexibility index (Phi) is 5.37. The van der Waals surface area contributed by atoms with Gasteiger partial charge in [-0.3, -0.25) is 0 Å². The molecule has 1 N–H and O–H groups in total. The van der Waals surface area contributed by atoms with E-state index in [4.69, 9.17) is 11.6 Å². The molecule has 1 nitrogen and oxygen atoms in total. The van der Waals surface area contributed by atoms with Gasteiger partial charge in [-0.1, -0.05) is 24.6 Å². The molecule has 0 aliphatic carbocycles. The zero-order valence-electron chi connectivity index (χ0n) is 10.8. The summed E-state index contributed by atoms with van der Waals surface area (Å²) in [6.45, 7) is 2.93. The second-order valence-electron chi connectivity index (χ2n) is 4.45. The number of benzene rings is 1. The van der Waals surface area contributed by atoms with Crippen molar-refractivity contribution in [3.63, 3.8) is 0 Å². The Morgan fingerprint density at radius 1 is 1.37 bits per heavy atom. The van der Waals surface area contributed by atoms with Gasteiger partial charge in [0.2, 0.25) is 0 Å². The minimum Gasteiger partial charge on any atom is -0.310 e. The molecule has 0 amide bonds. The van der Waals surface area contributed by atoms with E-state index in [-0.39, 0.29) is 11.9 Å². The minimum absolute atomic E-state index is 0.165. The fourth-order valence-electron chi connectivity index (χ4n) is 2.14. The first-order chi connectivity index (χ1) is 9.20. The maximum Gasteiger partial charge on any atom is 0.124 e. The standard InChI is InChI=1S/C15H17ClFNS/c1-2-18-15(6-3-11-7-8-19-10-11)13-5-4-12(17)9-14(13)16/h4-5,7-10,15,18H,2-3,6H2,1H3. The lowest BCUT2D eigenvalue weighted by atomic mass is 10.00. The van der Waals surface area contributed by atoms with Gasteiger partial charge in [0.25, 0.3) is 0 Å². The van der Waals surface area contributed by atoms with Crippen molar-refractivity contribution in [2.45, 2.75) is 25.8 Å². The van der Waals surface area contributed by atoms with E-state index in [1.807, 2.05) is 0 Å². The predicted molar refractivity (Wildman–Crippen MR) is 80.5 cm³/mol. The van der Waals surface area contributed by atoms with Crippen LogP contribution in [0.2, 0.25) is 5.02 Å². The Labute approximate surface area is 122 Å². The van der Waals surface area contributed by atoms with Crippen LogP contribution in [-0.4, -0.2) is 6.54 Å². The molecule has 102 valence electrons. The first-order valence-electron chi connectivity index (χ1n) is 6.40. The van der Waals surface area contributed by atoms with Crippen molar-refractivity contribution in [1.82, 2.24) is 5.32 Å². The molecule has 0 bridgehead atoms. The molecule has 1 heterocycles. The minimum atomic E-state index is -0.290. The highest BCUT2D eigenvalue weighted by molar-refractivity contribution is 7.07. The summed E-state index contributed by atoms with van der Waals surface area (Å²) in [4.78, 5) is 0. The number of halogens is 2. The van der Waals surface area contributed by atoms with Crippen molar-refractivity contribution < 1.29 is 4.39 Å². The molecule has 4 heteroatoms. The molecule has 19 heavy (non-hydrogen) atoms. The molecule has 0 saturated carbocycles. The third kappa shape index (κ3) is 4.03. The Bertz CT molecular complexity index is 513. The molecular formula is C15H17ClFNS. The predicted octanol–water partition coefficient (Wildman–Crippen LogP) is 4.82. The van der Waals surface area contributed by atoms with Gasteiger partial charge in [0.05, 0.1) is 0 Å². The normalized spacial score (nSPS) is 12.6. The van der Waals surface area contributed by atoms with Crippen LogP contribution in [0.4, 0.5) is 4.39 Å². The summed E-state index contributed by atoms with van der Waals surface area (Å²) in [7, 11) is 0. The summed E-state index contributed by atoms with van der Waals surface area (Å²) >= 11 is 7.85. The van der Waals surface area contributed by atoms with Crippen LogP contribution in [0, 0.1) is 5.82 Å². The van der Waals surface area contributed by atoms with E-state index in [0.717, 1.165) is 24.9 Å². The Morgan fingerprint density at radius 2 is 2.21 bits per heavy atom. The second kappa shape index (κ2) is 7.04. The number of rotatable bonds is 6. The van der Waals surface area contributed by atoms with Gasteiger partial charge in [0.1, 0.15) is 5.82 Å². The fourth-order valence-corrected chi connectivity index (χ4v) is 3.15. The van der Waals surface area contributed by atoms with Crippen LogP contribution in [0.15, 0.2) is 35.0 Å². The molecule has 0 radical (unpaired) electrons. The van der Waals surface area contributed by atoms with Gasteiger partial charge < -0.3 is 5.32 Å². The summed E-state index contributed by atoms with van der Waals surface area (Å²) in [5.74, 6) is -0.290. The summed E-state index contributed by atoms with van der Waals surface area (Å²) in [6.07, 6.45) is 1.95. The molecule has 1 aromatic carbocycles. The van der Waals surface area contributed by atoms with Gasteiger partial charge in [-0.15, -0.1) is 0 Å². The van der Waals surface area contributed by atoms with E-state index in [0.29, 0.717) is 5.02 Å². The lowest BCUT2D eigenvalue weighted by Gasteiger charge is -2.19. The van der Waals surface area contributed by atoms with E-state index >= 15 is 0 Å². The van der Waals surface area contributed by atoms with Crippen LogP contribution in [0.3, 0.4) is 0 Å². The van der Waals surface area contributed by atoms with Gasteiger partial charge in [-0.25, -0.2) is 4.39 Å². The molecule has 2 rings (SSSR count). The van der Waals surface area contributed by atoms with Gasteiger partial charge >= 0.3 is 0 Å². The van der Waals surface area contributed by atoms with Crippen LogP contribution < -0.4 is 5.32 Å². The highest BCUT2D eigenvalue weighted by Crippen LogP contribution is 2.27. The zero-order valence-corrected chi connectivity index (χ0v) is 12.4. The van der Waals surface area contributed by atoms with Crippen molar-refractivity contribution in [2.24, 2.45) is 0 Å². The third-order valence-corrected chi connectivity index (χ3v) is 4.15. The summed E-state index contributed by atoms with van der Waals surface area (Å²) < 4.78 is 13.1. The van der Waals surface area contributed by atoms with E-state index in [9.17, 15) is 4.39 Å². The number of nitrogens with one attached hydrogen (secondary N) is 1. The van der Waals surface area contributed by atoms with Crippen molar-refractivity contribution >= 4 is 22.9 Å². The fraction of sp³-hybridized carbons (Fsp3) is 0.333. The maximum atomic E-state index is 13.1. The van der Waals surface area contributed by atoms with Crippen molar-refractivity contribution in [1.29, 1.82) is 0 Å². The molecular weight excluding hydrogens is 281 g/mol. The second-order valence-corrected chi connectivity index (χ2v) is 5.63. The summed E-state index contributed by atoms with van der Waals surface area (Å²) in [5.41, 5.74) is 2.31. The first-order valence-corrected chi connectivity index (χ1v) is 7.72. The van der Waals surface area contributed by atoms with E-state index in [1.165, 1.54) is 17.7 Å².